The van der Waals surface area contributed by atoms with Crippen LogP contribution in [0, 0.1) is 6.92 Å². The van der Waals surface area contributed by atoms with Gasteiger partial charge in [0.1, 0.15) is 0 Å². The number of nitrogens with two attached hydrogens (primary N) is 1. The van der Waals surface area contributed by atoms with Crippen molar-refractivity contribution < 1.29 is 9.63 Å². The molecule has 14 heavy (non-hydrogen) atoms. The molecule has 0 atom stereocenters. The highest BCUT2D eigenvalue weighted by Gasteiger charge is 2.11. The van der Waals surface area contributed by atoms with Crippen LogP contribution in [0.5, 0.6) is 0 Å². The van der Waals surface area contributed by atoms with Crippen molar-refractivity contribution in [2.75, 3.05) is 12.8 Å². The Balaban J connectivity index is 3.13. The summed E-state index contributed by atoms with van der Waals surface area (Å²) in [5.74, 6) is -0.407. The Morgan fingerprint density at radius 1 is 1.57 bits per heavy atom. The summed E-state index contributed by atoms with van der Waals surface area (Å²) in [5, 5.41) is 0.470. The maximum Gasteiger partial charge on any atom is 0.276 e. The summed E-state index contributed by atoms with van der Waals surface area (Å²) < 4.78 is 0. The smallest absolute Gasteiger partial charge is 0.276 e. The first kappa shape index (κ1) is 10.8. The number of hydroxylamine groups is 1. The van der Waals surface area contributed by atoms with Crippen LogP contribution in [0.4, 0.5) is 5.69 Å². The van der Waals surface area contributed by atoms with Gasteiger partial charge in [0.2, 0.25) is 0 Å². The van der Waals surface area contributed by atoms with E-state index in [9.17, 15) is 4.79 Å². The third-order valence-electron chi connectivity index (χ3n) is 1.79. The van der Waals surface area contributed by atoms with Crippen LogP contribution in [0.15, 0.2) is 12.1 Å². The van der Waals surface area contributed by atoms with Crippen molar-refractivity contribution in [3.63, 3.8) is 0 Å². The van der Waals surface area contributed by atoms with Gasteiger partial charge >= 0.3 is 0 Å². The highest BCUT2D eigenvalue weighted by atomic mass is 35.5. The van der Waals surface area contributed by atoms with E-state index in [1.165, 1.54) is 13.2 Å². The molecule has 1 aromatic carbocycles. The first-order valence-corrected chi connectivity index (χ1v) is 4.33. The van der Waals surface area contributed by atoms with Crippen molar-refractivity contribution in [2.24, 2.45) is 0 Å². The molecule has 0 radical (unpaired) electrons. The highest BCUT2D eigenvalue weighted by Crippen LogP contribution is 2.22. The molecule has 0 unspecified atom stereocenters. The van der Waals surface area contributed by atoms with Crippen molar-refractivity contribution in [1.82, 2.24) is 5.48 Å². The van der Waals surface area contributed by atoms with Gasteiger partial charge in [0.25, 0.3) is 5.91 Å². The summed E-state index contributed by atoms with van der Waals surface area (Å²) in [5.41, 5.74) is 9.37. The van der Waals surface area contributed by atoms with E-state index < -0.39 is 5.91 Å². The number of nitrogen functional groups attached to an aromatic ring is 1. The van der Waals surface area contributed by atoms with Gasteiger partial charge in [-0.3, -0.25) is 9.63 Å². The zero-order valence-electron chi connectivity index (χ0n) is 7.93. The fourth-order valence-electron chi connectivity index (χ4n) is 1.09. The normalized spacial score (nSPS) is 9.93. The van der Waals surface area contributed by atoms with Gasteiger partial charge < -0.3 is 5.73 Å². The van der Waals surface area contributed by atoms with Gasteiger partial charge in [-0.2, -0.15) is 0 Å². The Hall–Kier alpha value is -1.26. The monoisotopic (exact) mass is 214 g/mol. The molecule has 0 heterocycles. The van der Waals surface area contributed by atoms with Crippen LogP contribution >= 0.6 is 11.6 Å². The van der Waals surface area contributed by atoms with Crippen LogP contribution < -0.4 is 11.2 Å². The lowest BCUT2D eigenvalue weighted by Gasteiger charge is -2.08. The zero-order chi connectivity index (χ0) is 10.7. The molecule has 1 amide bonds. The maximum absolute atomic E-state index is 11.4. The Kier molecular flexibility index (Phi) is 3.33. The van der Waals surface area contributed by atoms with Crippen molar-refractivity contribution >= 4 is 23.2 Å². The van der Waals surface area contributed by atoms with E-state index in [2.05, 4.69) is 10.3 Å². The van der Waals surface area contributed by atoms with Crippen molar-refractivity contribution in [3.8, 4) is 0 Å². The number of halogens is 1. The van der Waals surface area contributed by atoms with Crippen LogP contribution in [-0.4, -0.2) is 13.0 Å². The fourth-order valence-corrected chi connectivity index (χ4v) is 1.36. The van der Waals surface area contributed by atoms with Crippen LogP contribution in [0.2, 0.25) is 5.02 Å². The second kappa shape index (κ2) is 4.30. The molecule has 4 nitrogen and oxygen atoms in total. The largest absolute Gasteiger partial charge is 0.398 e. The second-order valence-electron chi connectivity index (χ2n) is 2.82. The number of anilines is 1. The molecular formula is C9H11ClN2O2. The number of nitrogens with one attached hydrogen (secondary N) is 1. The predicted molar refractivity (Wildman–Crippen MR) is 55.1 cm³/mol. The molecular weight excluding hydrogens is 204 g/mol. The molecule has 0 aliphatic heterocycles. The molecule has 1 rings (SSSR count). The van der Waals surface area contributed by atoms with E-state index in [1.54, 1.807) is 13.0 Å². The van der Waals surface area contributed by atoms with Crippen molar-refractivity contribution in [2.45, 2.75) is 6.92 Å². The number of carbonyl (C=O) groups is 1. The Morgan fingerprint density at radius 3 is 2.79 bits per heavy atom. The Bertz CT molecular complexity index is 366. The first-order valence-electron chi connectivity index (χ1n) is 3.95. The number of aryl methyl sites for hydroxylation is 1. The summed E-state index contributed by atoms with van der Waals surface area (Å²) in [6, 6.07) is 3.19. The van der Waals surface area contributed by atoms with Crippen molar-refractivity contribution in [1.29, 1.82) is 0 Å². The minimum absolute atomic E-state index is 0.317. The standard InChI is InChI=1S/C9H11ClN2O2/c1-5-3-6(10)4-7(8(5)11)9(13)12-14-2/h3-4H,11H2,1-2H3,(H,12,13). The lowest BCUT2D eigenvalue weighted by Crippen LogP contribution is -2.23. The topological polar surface area (TPSA) is 64.3 Å². The number of rotatable bonds is 2. The molecule has 0 aromatic heterocycles. The van der Waals surface area contributed by atoms with Gasteiger partial charge in [0, 0.05) is 10.7 Å². The SMILES string of the molecule is CONC(=O)c1cc(Cl)cc(C)c1N. The minimum Gasteiger partial charge on any atom is -0.398 e. The summed E-state index contributed by atoms with van der Waals surface area (Å²) in [4.78, 5) is 15.9. The number of amides is 1. The van der Waals surface area contributed by atoms with Gasteiger partial charge in [-0.25, -0.2) is 5.48 Å². The van der Waals surface area contributed by atoms with Gasteiger partial charge in [-0.05, 0) is 24.6 Å². The molecule has 0 bridgehead atoms. The lowest BCUT2D eigenvalue weighted by molar-refractivity contribution is 0.0538. The van der Waals surface area contributed by atoms with E-state index in [-0.39, 0.29) is 0 Å². The number of benzene rings is 1. The molecule has 0 aliphatic rings. The van der Waals surface area contributed by atoms with E-state index in [1.807, 2.05) is 0 Å². The summed E-state index contributed by atoms with van der Waals surface area (Å²) >= 11 is 5.79. The quantitative estimate of drug-likeness (QED) is 0.580. The van der Waals surface area contributed by atoms with Gasteiger partial charge in [-0.1, -0.05) is 11.6 Å². The van der Waals surface area contributed by atoms with E-state index in [0.29, 0.717) is 16.3 Å². The third-order valence-corrected chi connectivity index (χ3v) is 2.01. The molecule has 0 saturated heterocycles. The van der Waals surface area contributed by atoms with Crippen LogP contribution in [-0.2, 0) is 4.84 Å². The average Bonchev–Trinajstić information content (AvgIpc) is 2.11. The number of hydrogen-bond donors (Lipinski definition) is 2. The summed E-state index contributed by atoms with van der Waals surface area (Å²) in [6.07, 6.45) is 0. The van der Waals surface area contributed by atoms with Crippen LogP contribution in [0.25, 0.3) is 0 Å². The van der Waals surface area contributed by atoms with E-state index in [0.717, 1.165) is 5.56 Å². The molecule has 1 aromatic rings. The third kappa shape index (κ3) is 2.16. The molecule has 0 aliphatic carbocycles. The molecule has 3 N–H and O–H groups in total. The summed E-state index contributed by atoms with van der Waals surface area (Å²) in [7, 11) is 1.35. The van der Waals surface area contributed by atoms with Gasteiger partial charge in [0.05, 0.1) is 12.7 Å². The second-order valence-corrected chi connectivity index (χ2v) is 3.26. The fraction of sp³-hybridized carbons (Fsp3) is 0.222. The van der Waals surface area contributed by atoms with Gasteiger partial charge in [0.15, 0.2) is 0 Å². The first-order chi connectivity index (χ1) is 6.56. The molecule has 0 fully saturated rings. The predicted octanol–water partition coefficient (Wildman–Crippen LogP) is 1.52. The van der Waals surface area contributed by atoms with Crippen LogP contribution in [0.1, 0.15) is 15.9 Å². The zero-order valence-corrected chi connectivity index (χ0v) is 8.68. The maximum atomic E-state index is 11.4. The molecule has 5 heteroatoms. The molecule has 0 spiro atoms. The van der Waals surface area contributed by atoms with E-state index in [4.69, 9.17) is 17.3 Å². The Morgan fingerprint density at radius 2 is 2.21 bits per heavy atom. The molecule has 0 saturated carbocycles. The molecule has 76 valence electrons. The Labute approximate surface area is 86.9 Å². The van der Waals surface area contributed by atoms with E-state index >= 15 is 0 Å². The van der Waals surface area contributed by atoms with Gasteiger partial charge in [-0.15, -0.1) is 0 Å². The average molecular weight is 215 g/mol. The minimum atomic E-state index is -0.407. The number of carbonyl (C=O) groups excluding carboxylic acids is 1. The van der Waals surface area contributed by atoms with Crippen molar-refractivity contribution in [3.05, 3.63) is 28.3 Å². The summed E-state index contributed by atoms with van der Waals surface area (Å²) in [6.45, 7) is 1.78. The lowest BCUT2D eigenvalue weighted by atomic mass is 10.1. The highest BCUT2D eigenvalue weighted by molar-refractivity contribution is 6.31. The van der Waals surface area contributed by atoms with Crippen LogP contribution in [0.3, 0.4) is 0 Å². The number of hydrogen-bond acceptors (Lipinski definition) is 3.